The van der Waals surface area contributed by atoms with Gasteiger partial charge in [-0.25, -0.2) is 0 Å². The van der Waals surface area contributed by atoms with Crippen LogP contribution >= 0.6 is 11.6 Å². The SMILES string of the molecule is CCC(=O)NCC(=O)Nc1ccc(OC)c(Cl)c1. The maximum absolute atomic E-state index is 11.5. The highest BCUT2D eigenvalue weighted by molar-refractivity contribution is 6.32. The Balaban J connectivity index is 2.54. The molecule has 0 saturated carbocycles. The van der Waals surface area contributed by atoms with E-state index in [9.17, 15) is 9.59 Å². The molecule has 1 aromatic carbocycles. The minimum Gasteiger partial charge on any atom is -0.495 e. The summed E-state index contributed by atoms with van der Waals surface area (Å²) >= 11 is 5.92. The Morgan fingerprint density at radius 3 is 2.61 bits per heavy atom. The van der Waals surface area contributed by atoms with Crippen LogP contribution in [0.15, 0.2) is 18.2 Å². The number of amides is 2. The second-order valence-electron chi connectivity index (χ2n) is 3.53. The number of ether oxygens (including phenoxy) is 1. The highest BCUT2D eigenvalue weighted by Crippen LogP contribution is 2.26. The summed E-state index contributed by atoms with van der Waals surface area (Å²) in [5.74, 6) is 0.0601. The number of hydrogen-bond acceptors (Lipinski definition) is 3. The van der Waals surface area contributed by atoms with Crippen LogP contribution in [0.2, 0.25) is 5.02 Å². The molecule has 0 heterocycles. The van der Waals surface area contributed by atoms with Crippen molar-refractivity contribution in [3.8, 4) is 5.75 Å². The van der Waals surface area contributed by atoms with Crippen LogP contribution in [0.25, 0.3) is 0 Å². The lowest BCUT2D eigenvalue weighted by atomic mass is 10.3. The summed E-state index contributed by atoms with van der Waals surface area (Å²) in [6.07, 6.45) is 0.349. The van der Waals surface area contributed by atoms with Gasteiger partial charge < -0.3 is 15.4 Å². The minimum atomic E-state index is -0.307. The van der Waals surface area contributed by atoms with E-state index in [1.807, 2.05) is 0 Å². The van der Waals surface area contributed by atoms with Crippen molar-refractivity contribution >= 4 is 29.1 Å². The lowest BCUT2D eigenvalue weighted by Crippen LogP contribution is -2.32. The largest absolute Gasteiger partial charge is 0.495 e. The monoisotopic (exact) mass is 270 g/mol. The third kappa shape index (κ3) is 4.25. The van der Waals surface area contributed by atoms with Crippen LogP contribution < -0.4 is 15.4 Å². The Morgan fingerprint density at radius 2 is 2.06 bits per heavy atom. The highest BCUT2D eigenvalue weighted by atomic mass is 35.5. The average molecular weight is 271 g/mol. The molecule has 1 aromatic rings. The average Bonchev–Trinajstić information content (AvgIpc) is 2.36. The first-order valence-electron chi connectivity index (χ1n) is 5.47. The standard InChI is InChI=1S/C12H15ClN2O3/c1-3-11(16)14-7-12(17)15-8-4-5-10(18-2)9(13)6-8/h4-6H,3,7H2,1-2H3,(H,14,16)(H,15,17). The molecular formula is C12H15ClN2O3. The molecule has 18 heavy (non-hydrogen) atoms. The van der Waals surface area contributed by atoms with Crippen LogP contribution in [0.1, 0.15) is 13.3 Å². The Bertz CT molecular complexity index is 449. The minimum absolute atomic E-state index is 0.0592. The Morgan fingerprint density at radius 1 is 1.33 bits per heavy atom. The van der Waals surface area contributed by atoms with Crippen LogP contribution in [-0.4, -0.2) is 25.5 Å². The molecule has 98 valence electrons. The van der Waals surface area contributed by atoms with E-state index in [1.54, 1.807) is 25.1 Å². The molecule has 0 aliphatic carbocycles. The fourth-order valence-electron chi connectivity index (χ4n) is 1.25. The fraction of sp³-hybridized carbons (Fsp3) is 0.333. The van der Waals surface area contributed by atoms with Crippen LogP contribution in [-0.2, 0) is 9.59 Å². The summed E-state index contributed by atoms with van der Waals surface area (Å²) in [4.78, 5) is 22.5. The third-order valence-corrected chi connectivity index (χ3v) is 2.50. The van der Waals surface area contributed by atoms with Gasteiger partial charge in [-0.15, -0.1) is 0 Å². The number of methoxy groups -OCH3 is 1. The number of benzene rings is 1. The van der Waals surface area contributed by atoms with Crippen LogP contribution in [0.3, 0.4) is 0 Å². The van der Waals surface area contributed by atoms with E-state index < -0.39 is 0 Å². The van der Waals surface area contributed by atoms with Gasteiger partial charge >= 0.3 is 0 Å². The smallest absolute Gasteiger partial charge is 0.243 e. The van der Waals surface area contributed by atoms with Gasteiger partial charge in [0, 0.05) is 12.1 Å². The van der Waals surface area contributed by atoms with E-state index in [0.717, 1.165) is 0 Å². The van der Waals surface area contributed by atoms with Crippen molar-refractivity contribution in [2.45, 2.75) is 13.3 Å². The summed E-state index contributed by atoms with van der Waals surface area (Å²) in [5.41, 5.74) is 0.552. The Kier molecular flexibility index (Phi) is 5.45. The molecule has 2 amide bonds. The molecule has 0 atom stereocenters. The van der Waals surface area contributed by atoms with E-state index in [0.29, 0.717) is 22.9 Å². The molecule has 0 fully saturated rings. The molecule has 5 nitrogen and oxygen atoms in total. The predicted octanol–water partition coefficient (Wildman–Crippen LogP) is 1.81. The molecule has 0 saturated heterocycles. The van der Waals surface area contributed by atoms with E-state index >= 15 is 0 Å². The predicted molar refractivity (Wildman–Crippen MR) is 69.9 cm³/mol. The van der Waals surface area contributed by atoms with Crippen molar-refractivity contribution in [1.29, 1.82) is 0 Å². The number of carbonyl (C=O) groups is 2. The number of hydrogen-bond donors (Lipinski definition) is 2. The lowest BCUT2D eigenvalue weighted by molar-refractivity contribution is -0.123. The molecule has 0 aliphatic rings. The number of nitrogens with one attached hydrogen (secondary N) is 2. The fourth-order valence-corrected chi connectivity index (χ4v) is 1.51. The van der Waals surface area contributed by atoms with Crippen molar-refractivity contribution in [3.63, 3.8) is 0 Å². The second-order valence-corrected chi connectivity index (χ2v) is 3.93. The van der Waals surface area contributed by atoms with Gasteiger partial charge in [0.25, 0.3) is 0 Å². The number of carbonyl (C=O) groups excluding carboxylic acids is 2. The molecule has 0 spiro atoms. The maximum Gasteiger partial charge on any atom is 0.243 e. The second kappa shape index (κ2) is 6.86. The van der Waals surface area contributed by atoms with Crippen molar-refractivity contribution in [2.24, 2.45) is 0 Å². The van der Waals surface area contributed by atoms with Crippen molar-refractivity contribution < 1.29 is 14.3 Å². The summed E-state index contributed by atoms with van der Waals surface area (Å²) < 4.78 is 5.00. The zero-order valence-corrected chi connectivity index (χ0v) is 11.0. The molecule has 0 aromatic heterocycles. The normalized spacial score (nSPS) is 9.72. The van der Waals surface area contributed by atoms with E-state index in [4.69, 9.17) is 16.3 Å². The van der Waals surface area contributed by atoms with Gasteiger partial charge in [0.1, 0.15) is 5.75 Å². The molecule has 0 aliphatic heterocycles. The molecule has 2 N–H and O–H groups in total. The van der Waals surface area contributed by atoms with Gasteiger partial charge in [-0.3, -0.25) is 9.59 Å². The van der Waals surface area contributed by atoms with Gasteiger partial charge in [0.05, 0.1) is 18.7 Å². The summed E-state index contributed by atoms with van der Waals surface area (Å²) in [6, 6.07) is 4.91. The number of halogens is 1. The summed E-state index contributed by atoms with van der Waals surface area (Å²) in [7, 11) is 1.51. The van der Waals surface area contributed by atoms with Crippen LogP contribution in [0.5, 0.6) is 5.75 Å². The number of rotatable bonds is 5. The first-order valence-corrected chi connectivity index (χ1v) is 5.84. The first kappa shape index (κ1) is 14.3. The lowest BCUT2D eigenvalue weighted by Gasteiger charge is -2.08. The summed E-state index contributed by atoms with van der Waals surface area (Å²) in [6.45, 7) is 1.66. The zero-order valence-electron chi connectivity index (χ0n) is 10.2. The highest BCUT2D eigenvalue weighted by Gasteiger charge is 2.06. The van der Waals surface area contributed by atoms with E-state index in [2.05, 4.69) is 10.6 Å². The zero-order chi connectivity index (χ0) is 13.5. The van der Waals surface area contributed by atoms with Gasteiger partial charge in [0.2, 0.25) is 11.8 Å². The molecule has 0 bridgehead atoms. The number of anilines is 1. The van der Waals surface area contributed by atoms with Gasteiger partial charge in [-0.05, 0) is 18.2 Å². The summed E-state index contributed by atoms with van der Waals surface area (Å²) in [5, 5.41) is 5.51. The van der Waals surface area contributed by atoms with Crippen molar-refractivity contribution in [1.82, 2.24) is 5.32 Å². The third-order valence-electron chi connectivity index (χ3n) is 2.20. The van der Waals surface area contributed by atoms with Crippen LogP contribution in [0.4, 0.5) is 5.69 Å². The molecule has 0 unspecified atom stereocenters. The maximum atomic E-state index is 11.5. The van der Waals surface area contributed by atoms with Crippen molar-refractivity contribution in [2.75, 3.05) is 19.0 Å². The van der Waals surface area contributed by atoms with E-state index in [-0.39, 0.29) is 18.4 Å². The van der Waals surface area contributed by atoms with Gasteiger partial charge in [-0.2, -0.15) is 0 Å². The molecule has 0 radical (unpaired) electrons. The molecule has 1 rings (SSSR count). The quantitative estimate of drug-likeness (QED) is 0.857. The first-order chi connectivity index (χ1) is 8.56. The molecule has 6 heteroatoms. The Labute approximate surface area is 110 Å². The topological polar surface area (TPSA) is 67.4 Å². The van der Waals surface area contributed by atoms with Crippen molar-refractivity contribution in [3.05, 3.63) is 23.2 Å². The van der Waals surface area contributed by atoms with E-state index in [1.165, 1.54) is 7.11 Å². The Hall–Kier alpha value is -1.75. The van der Waals surface area contributed by atoms with Gasteiger partial charge in [-0.1, -0.05) is 18.5 Å². The van der Waals surface area contributed by atoms with Gasteiger partial charge in [0.15, 0.2) is 0 Å². The molecular weight excluding hydrogens is 256 g/mol. The van der Waals surface area contributed by atoms with Crippen LogP contribution in [0, 0.1) is 0 Å².